The van der Waals surface area contributed by atoms with Crippen molar-refractivity contribution in [2.45, 2.75) is 84.6 Å². The summed E-state index contributed by atoms with van der Waals surface area (Å²) in [6.07, 6.45) is 9.62. The predicted molar refractivity (Wildman–Crippen MR) is 126 cm³/mol. The molecule has 0 aromatic heterocycles. The molecule has 6 heteroatoms. The summed E-state index contributed by atoms with van der Waals surface area (Å²) in [7, 11) is 0. The Balaban J connectivity index is 1.88. The minimum atomic E-state index is -1.43. The van der Waals surface area contributed by atoms with Crippen molar-refractivity contribution in [3.63, 3.8) is 0 Å². The van der Waals surface area contributed by atoms with E-state index in [1.54, 1.807) is 0 Å². The van der Waals surface area contributed by atoms with Crippen LogP contribution in [0.1, 0.15) is 53.9 Å². The van der Waals surface area contributed by atoms with Crippen molar-refractivity contribution in [3.8, 4) is 0 Å². The van der Waals surface area contributed by atoms with Crippen LogP contribution in [0.4, 0.5) is 0 Å². The quantitative estimate of drug-likeness (QED) is 0.425. The minimum Gasteiger partial charge on any atom is -0.394 e. The Morgan fingerprint density at radius 3 is 2.47 bits per heavy atom. The number of allylic oxidation sites excluding steroid dienone is 9. The lowest BCUT2D eigenvalue weighted by molar-refractivity contribution is -0.298. The van der Waals surface area contributed by atoms with E-state index in [9.17, 15) is 20.4 Å². The summed E-state index contributed by atoms with van der Waals surface area (Å²) >= 11 is 0. The molecule has 4 N–H and O–H groups in total. The Kier molecular flexibility index (Phi) is 10.1. The van der Waals surface area contributed by atoms with E-state index in [-0.39, 0.29) is 12.0 Å². The van der Waals surface area contributed by atoms with E-state index in [1.165, 1.54) is 30.4 Å². The lowest BCUT2D eigenvalue weighted by atomic mass is 9.72. The molecular weight excluding hydrogens is 408 g/mol. The molecule has 2 rings (SSSR count). The summed E-state index contributed by atoms with van der Waals surface area (Å²) in [6, 6.07) is 0. The molecule has 1 unspecified atom stereocenters. The molecular formula is C26H40O6. The van der Waals surface area contributed by atoms with Gasteiger partial charge in [-0.2, -0.15) is 0 Å². The third-order valence-corrected chi connectivity index (χ3v) is 6.29. The average molecular weight is 449 g/mol. The van der Waals surface area contributed by atoms with Gasteiger partial charge in [0.2, 0.25) is 0 Å². The van der Waals surface area contributed by atoms with Crippen LogP contribution in [0.15, 0.2) is 58.7 Å². The van der Waals surface area contributed by atoms with Crippen LogP contribution in [0.2, 0.25) is 0 Å². The van der Waals surface area contributed by atoms with E-state index < -0.39 is 37.3 Å². The van der Waals surface area contributed by atoms with Crippen LogP contribution in [-0.2, 0) is 9.47 Å². The van der Waals surface area contributed by atoms with Gasteiger partial charge in [0, 0.05) is 0 Å². The van der Waals surface area contributed by atoms with Crippen molar-refractivity contribution >= 4 is 0 Å². The van der Waals surface area contributed by atoms with Gasteiger partial charge in [0.1, 0.15) is 24.4 Å². The van der Waals surface area contributed by atoms with Crippen LogP contribution in [0.3, 0.4) is 0 Å². The van der Waals surface area contributed by atoms with Crippen LogP contribution in [-0.4, -0.2) is 64.3 Å². The van der Waals surface area contributed by atoms with Crippen LogP contribution in [0.5, 0.6) is 0 Å². The van der Waals surface area contributed by atoms with Crippen LogP contribution in [0.25, 0.3) is 0 Å². The third kappa shape index (κ3) is 7.24. The Labute approximate surface area is 192 Å². The van der Waals surface area contributed by atoms with Gasteiger partial charge in [-0.05, 0) is 51.0 Å². The number of aliphatic hydroxyl groups excluding tert-OH is 4. The van der Waals surface area contributed by atoms with E-state index in [0.717, 1.165) is 11.1 Å². The Morgan fingerprint density at radius 1 is 1.09 bits per heavy atom. The highest BCUT2D eigenvalue weighted by Crippen LogP contribution is 2.40. The fourth-order valence-corrected chi connectivity index (χ4v) is 4.18. The number of ether oxygens (including phenoxy) is 2. The molecule has 0 aromatic carbocycles. The highest BCUT2D eigenvalue weighted by Gasteiger charge is 2.43. The maximum atomic E-state index is 9.99. The second kappa shape index (κ2) is 12.1. The minimum absolute atomic E-state index is 0.157. The first-order chi connectivity index (χ1) is 15.1. The lowest BCUT2D eigenvalue weighted by Gasteiger charge is -2.39. The first kappa shape index (κ1) is 26.7. The zero-order valence-electron chi connectivity index (χ0n) is 20.0. The molecule has 6 nitrogen and oxygen atoms in total. The van der Waals surface area contributed by atoms with E-state index >= 15 is 0 Å². The molecule has 32 heavy (non-hydrogen) atoms. The topological polar surface area (TPSA) is 99.4 Å². The molecule has 0 bridgehead atoms. The van der Waals surface area contributed by atoms with Gasteiger partial charge in [0.15, 0.2) is 6.29 Å². The van der Waals surface area contributed by atoms with Gasteiger partial charge in [-0.1, -0.05) is 67.0 Å². The Hall–Kier alpha value is -1.54. The molecule has 0 spiro atoms. The molecule has 1 aliphatic heterocycles. The monoisotopic (exact) mass is 448 g/mol. The van der Waals surface area contributed by atoms with E-state index in [0.29, 0.717) is 0 Å². The maximum Gasteiger partial charge on any atom is 0.187 e. The van der Waals surface area contributed by atoms with Crippen molar-refractivity contribution < 1.29 is 29.9 Å². The molecule has 0 aromatic rings. The number of hydrogen-bond donors (Lipinski definition) is 4. The first-order valence-corrected chi connectivity index (χ1v) is 11.4. The summed E-state index contributed by atoms with van der Waals surface area (Å²) in [6.45, 7) is 10.6. The molecule has 1 heterocycles. The van der Waals surface area contributed by atoms with Crippen molar-refractivity contribution in [1.82, 2.24) is 0 Å². The van der Waals surface area contributed by atoms with E-state index in [4.69, 9.17) is 9.47 Å². The lowest BCUT2D eigenvalue weighted by Crippen LogP contribution is -2.59. The maximum absolute atomic E-state index is 9.99. The van der Waals surface area contributed by atoms with Gasteiger partial charge >= 0.3 is 0 Å². The van der Waals surface area contributed by atoms with Crippen molar-refractivity contribution in [2.24, 2.45) is 5.41 Å². The van der Waals surface area contributed by atoms with Gasteiger partial charge < -0.3 is 29.9 Å². The summed E-state index contributed by atoms with van der Waals surface area (Å²) in [5.74, 6) is 0. The zero-order chi connectivity index (χ0) is 23.9. The molecule has 180 valence electrons. The summed E-state index contributed by atoms with van der Waals surface area (Å²) < 4.78 is 10.8. The van der Waals surface area contributed by atoms with E-state index in [1.807, 2.05) is 25.2 Å². The van der Waals surface area contributed by atoms with Crippen molar-refractivity contribution in [2.75, 3.05) is 13.2 Å². The molecule has 2 aliphatic rings. The fourth-order valence-electron chi connectivity index (χ4n) is 4.18. The molecule has 0 saturated carbocycles. The third-order valence-electron chi connectivity index (χ3n) is 6.29. The molecule has 1 saturated heterocycles. The molecule has 1 aliphatic carbocycles. The molecule has 1 fully saturated rings. The zero-order valence-corrected chi connectivity index (χ0v) is 20.0. The van der Waals surface area contributed by atoms with E-state index in [2.05, 4.69) is 45.9 Å². The number of rotatable bonds is 8. The standard InChI is InChI=1S/C26H40O6/c1-17(11-12-20-19(3)10-7-14-26(20,4)5)8-6-9-18(2)13-15-31-25-24(30)23(29)22(28)21(16-27)32-25/h6,8-9,11-13,21-25,27-30H,7,10,14-16H2,1-5H3/t21-,22-,23+,24-,25?/m1/s1. The molecule has 5 atom stereocenters. The SMILES string of the molecule is CC(C=CC1=C(C)CCCC1(C)C)=CC=CC(C)=CCOC1O[C@H](CO)[C@@H](O)[C@H](O)[C@H]1O. The van der Waals surface area contributed by atoms with Gasteiger partial charge in [-0.3, -0.25) is 0 Å². The average Bonchev–Trinajstić information content (AvgIpc) is 2.73. The fraction of sp³-hybridized carbons (Fsp3) is 0.615. The molecule has 0 amide bonds. The second-order valence-electron chi connectivity index (χ2n) is 9.51. The first-order valence-electron chi connectivity index (χ1n) is 11.4. The van der Waals surface area contributed by atoms with Crippen molar-refractivity contribution in [3.05, 3.63) is 58.7 Å². The van der Waals surface area contributed by atoms with Crippen LogP contribution >= 0.6 is 0 Å². The van der Waals surface area contributed by atoms with Gasteiger partial charge in [0.25, 0.3) is 0 Å². The smallest absolute Gasteiger partial charge is 0.187 e. The molecule has 0 radical (unpaired) electrons. The summed E-state index contributed by atoms with van der Waals surface area (Å²) in [4.78, 5) is 0. The van der Waals surface area contributed by atoms with Crippen LogP contribution in [0, 0.1) is 5.41 Å². The highest BCUT2D eigenvalue weighted by molar-refractivity contribution is 5.37. The van der Waals surface area contributed by atoms with Gasteiger partial charge in [-0.25, -0.2) is 0 Å². The second-order valence-corrected chi connectivity index (χ2v) is 9.51. The normalized spacial score (nSPS) is 32.3. The van der Waals surface area contributed by atoms with Crippen molar-refractivity contribution in [1.29, 1.82) is 0 Å². The summed E-state index contributed by atoms with van der Waals surface area (Å²) in [5.41, 5.74) is 5.29. The predicted octanol–water partition coefficient (Wildman–Crippen LogP) is 3.33. The van der Waals surface area contributed by atoms with Gasteiger partial charge in [-0.15, -0.1) is 0 Å². The van der Waals surface area contributed by atoms with Gasteiger partial charge in [0.05, 0.1) is 13.2 Å². The number of aliphatic hydroxyl groups is 4. The largest absolute Gasteiger partial charge is 0.394 e. The Morgan fingerprint density at radius 2 is 1.81 bits per heavy atom. The summed E-state index contributed by atoms with van der Waals surface area (Å²) in [5, 5.41) is 38.8. The highest BCUT2D eigenvalue weighted by atomic mass is 16.7. The Bertz CT molecular complexity index is 771. The van der Waals surface area contributed by atoms with Crippen LogP contribution < -0.4 is 0 Å². The number of hydrogen-bond acceptors (Lipinski definition) is 6.